The second-order valence-corrected chi connectivity index (χ2v) is 4.67. The van der Waals surface area contributed by atoms with Crippen LogP contribution in [0.1, 0.15) is 19.3 Å². The van der Waals surface area contributed by atoms with Gasteiger partial charge in [-0.1, -0.05) is 0 Å². The largest absolute Gasteiger partial charge is 0.479 e. The Labute approximate surface area is 105 Å². The molecule has 0 aliphatic carbocycles. The first-order valence-corrected chi connectivity index (χ1v) is 6.10. The molecule has 0 aromatic carbocycles. The van der Waals surface area contributed by atoms with Gasteiger partial charge < -0.3 is 25.2 Å². The van der Waals surface area contributed by atoms with E-state index in [4.69, 9.17) is 9.47 Å². The molecule has 0 radical (unpaired) electrons. The van der Waals surface area contributed by atoms with Crippen molar-refractivity contribution in [3.63, 3.8) is 0 Å². The molecule has 0 aromatic heterocycles. The van der Waals surface area contributed by atoms with E-state index in [1.165, 1.54) is 0 Å². The number of rotatable bonds is 3. The molecule has 0 spiro atoms. The van der Waals surface area contributed by atoms with Crippen molar-refractivity contribution in [3.8, 4) is 0 Å². The summed E-state index contributed by atoms with van der Waals surface area (Å²) in [6, 6.07) is -0.401. The Kier molecular flexibility index (Phi) is 4.03. The van der Waals surface area contributed by atoms with Crippen LogP contribution in [0.5, 0.6) is 0 Å². The molecule has 2 heterocycles. The van der Waals surface area contributed by atoms with Crippen LogP contribution in [0.15, 0.2) is 0 Å². The van der Waals surface area contributed by atoms with Crippen LogP contribution in [0.4, 0.5) is 4.79 Å². The van der Waals surface area contributed by atoms with Gasteiger partial charge in [-0.25, -0.2) is 9.59 Å². The fraction of sp³-hybridized carbons (Fsp3) is 0.818. The van der Waals surface area contributed by atoms with Gasteiger partial charge in [-0.05, 0) is 12.8 Å². The van der Waals surface area contributed by atoms with Crippen LogP contribution in [0.3, 0.4) is 0 Å². The lowest BCUT2D eigenvalue weighted by Gasteiger charge is -2.27. The highest BCUT2D eigenvalue weighted by Crippen LogP contribution is 2.19. The van der Waals surface area contributed by atoms with E-state index >= 15 is 0 Å². The summed E-state index contributed by atoms with van der Waals surface area (Å²) in [5.74, 6) is -1.05. The highest BCUT2D eigenvalue weighted by molar-refractivity contribution is 5.86. The standard InChI is InChI=1S/C11H18N2O5/c14-9(15)11(3-6-18-7-11)13-10(16)12-8-1-4-17-5-2-8/h8H,1-7H2,(H,14,15)(H2,12,13,16). The molecule has 3 N–H and O–H groups in total. The lowest BCUT2D eigenvalue weighted by Crippen LogP contribution is -2.59. The fourth-order valence-electron chi connectivity index (χ4n) is 2.17. The van der Waals surface area contributed by atoms with Gasteiger partial charge in [0.15, 0.2) is 5.54 Å². The van der Waals surface area contributed by atoms with Crippen molar-refractivity contribution in [1.29, 1.82) is 0 Å². The molecule has 7 heteroatoms. The second kappa shape index (κ2) is 5.53. The average Bonchev–Trinajstić information content (AvgIpc) is 2.80. The normalized spacial score (nSPS) is 28.9. The first-order chi connectivity index (χ1) is 8.62. The molecule has 1 unspecified atom stereocenters. The molecule has 2 fully saturated rings. The van der Waals surface area contributed by atoms with Gasteiger partial charge in [0.2, 0.25) is 0 Å². The molecule has 2 aliphatic rings. The van der Waals surface area contributed by atoms with E-state index in [1.54, 1.807) is 0 Å². The molecular weight excluding hydrogens is 240 g/mol. The Hall–Kier alpha value is -1.34. The number of amides is 2. The van der Waals surface area contributed by atoms with Gasteiger partial charge in [-0.3, -0.25) is 0 Å². The van der Waals surface area contributed by atoms with Gasteiger partial charge in [0.25, 0.3) is 0 Å². The van der Waals surface area contributed by atoms with E-state index in [2.05, 4.69) is 10.6 Å². The molecular formula is C11H18N2O5. The number of carboxylic acids is 1. The molecule has 2 saturated heterocycles. The third kappa shape index (κ3) is 2.91. The summed E-state index contributed by atoms with van der Waals surface area (Å²) in [4.78, 5) is 23.0. The zero-order chi connectivity index (χ0) is 13.0. The van der Waals surface area contributed by atoms with Crippen molar-refractivity contribution in [2.75, 3.05) is 26.4 Å². The van der Waals surface area contributed by atoms with Crippen LogP contribution in [-0.4, -0.2) is 55.1 Å². The number of carbonyl (C=O) groups is 2. The Bertz CT molecular complexity index is 321. The SMILES string of the molecule is O=C(NC1CCOCC1)NC1(C(=O)O)CCOC1. The van der Waals surface area contributed by atoms with Crippen LogP contribution >= 0.6 is 0 Å². The predicted octanol–water partition coefficient (Wildman–Crippen LogP) is -0.292. The summed E-state index contributed by atoms with van der Waals surface area (Å²) in [6.45, 7) is 1.61. The number of hydrogen-bond acceptors (Lipinski definition) is 4. The first kappa shape index (κ1) is 13.1. The Balaban J connectivity index is 1.87. The van der Waals surface area contributed by atoms with Crippen LogP contribution in [0.25, 0.3) is 0 Å². The van der Waals surface area contributed by atoms with Gasteiger partial charge in [0.1, 0.15) is 0 Å². The smallest absolute Gasteiger partial charge is 0.332 e. The lowest BCUT2D eigenvalue weighted by molar-refractivity contribution is -0.144. The van der Waals surface area contributed by atoms with Crippen molar-refractivity contribution in [2.45, 2.75) is 30.8 Å². The quantitative estimate of drug-likeness (QED) is 0.646. The van der Waals surface area contributed by atoms with Crippen LogP contribution in [0, 0.1) is 0 Å². The maximum Gasteiger partial charge on any atom is 0.332 e. The van der Waals surface area contributed by atoms with Crippen molar-refractivity contribution < 1.29 is 24.2 Å². The van der Waals surface area contributed by atoms with E-state index in [1.807, 2.05) is 0 Å². The summed E-state index contributed by atoms with van der Waals surface area (Å²) in [5, 5.41) is 14.5. The Morgan fingerprint density at radius 3 is 2.44 bits per heavy atom. The molecule has 0 bridgehead atoms. The van der Waals surface area contributed by atoms with Crippen LogP contribution < -0.4 is 10.6 Å². The van der Waals surface area contributed by atoms with E-state index in [9.17, 15) is 14.7 Å². The van der Waals surface area contributed by atoms with Gasteiger partial charge in [-0.2, -0.15) is 0 Å². The summed E-state index contributed by atoms with van der Waals surface area (Å²) < 4.78 is 10.3. The molecule has 2 aliphatic heterocycles. The average molecular weight is 258 g/mol. The molecule has 2 rings (SSSR count). The molecule has 102 valence electrons. The minimum Gasteiger partial charge on any atom is -0.479 e. The van der Waals surface area contributed by atoms with E-state index in [0.717, 1.165) is 12.8 Å². The monoisotopic (exact) mass is 258 g/mol. The maximum absolute atomic E-state index is 11.8. The number of urea groups is 1. The van der Waals surface area contributed by atoms with E-state index < -0.39 is 17.5 Å². The van der Waals surface area contributed by atoms with Crippen molar-refractivity contribution in [3.05, 3.63) is 0 Å². The Morgan fingerprint density at radius 2 is 1.89 bits per heavy atom. The highest BCUT2D eigenvalue weighted by Gasteiger charge is 2.44. The molecule has 1 atom stereocenters. The maximum atomic E-state index is 11.8. The molecule has 7 nitrogen and oxygen atoms in total. The van der Waals surface area contributed by atoms with Crippen LogP contribution in [-0.2, 0) is 14.3 Å². The molecule has 0 aromatic rings. The van der Waals surface area contributed by atoms with Gasteiger partial charge in [-0.15, -0.1) is 0 Å². The summed E-state index contributed by atoms with van der Waals surface area (Å²) in [5.41, 5.74) is -1.28. The zero-order valence-electron chi connectivity index (χ0n) is 10.1. The number of carboxylic acid groups (broad SMARTS) is 1. The molecule has 18 heavy (non-hydrogen) atoms. The van der Waals surface area contributed by atoms with Gasteiger partial charge in [0, 0.05) is 32.3 Å². The summed E-state index contributed by atoms with van der Waals surface area (Å²) >= 11 is 0. The number of aliphatic carboxylic acids is 1. The second-order valence-electron chi connectivity index (χ2n) is 4.67. The third-order valence-electron chi connectivity index (χ3n) is 3.34. The van der Waals surface area contributed by atoms with Crippen LogP contribution in [0.2, 0.25) is 0 Å². The number of ether oxygens (including phenoxy) is 2. The van der Waals surface area contributed by atoms with Gasteiger partial charge >= 0.3 is 12.0 Å². The van der Waals surface area contributed by atoms with Gasteiger partial charge in [0.05, 0.1) is 6.61 Å². The minimum atomic E-state index is -1.28. The Morgan fingerprint density at radius 1 is 1.17 bits per heavy atom. The topological polar surface area (TPSA) is 96.9 Å². The van der Waals surface area contributed by atoms with Crippen molar-refractivity contribution in [2.24, 2.45) is 0 Å². The summed E-state index contributed by atoms with van der Waals surface area (Å²) in [7, 11) is 0. The van der Waals surface area contributed by atoms with Crippen molar-refractivity contribution in [1.82, 2.24) is 10.6 Å². The van der Waals surface area contributed by atoms with Crippen molar-refractivity contribution >= 4 is 12.0 Å². The lowest BCUT2D eigenvalue weighted by atomic mass is 9.99. The van der Waals surface area contributed by atoms with E-state index in [-0.39, 0.29) is 12.6 Å². The highest BCUT2D eigenvalue weighted by atomic mass is 16.5. The van der Waals surface area contributed by atoms with E-state index in [0.29, 0.717) is 26.2 Å². The molecule has 0 saturated carbocycles. The summed E-state index contributed by atoms with van der Waals surface area (Å²) in [6.07, 6.45) is 1.80. The first-order valence-electron chi connectivity index (χ1n) is 6.10. The zero-order valence-corrected chi connectivity index (χ0v) is 10.1. The number of carbonyl (C=O) groups excluding carboxylic acids is 1. The third-order valence-corrected chi connectivity index (χ3v) is 3.34. The molecule has 2 amide bonds. The number of nitrogens with one attached hydrogen (secondary N) is 2. The number of hydrogen-bond donors (Lipinski definition) is 3. The predicted molar refractivity (Wildman–Crippen MR) is 61.3 cm³/mol. The minimum absolute atomic E-state index is 0.0174. The fourth-order valence-corrected chi connectivity index (χ4v) is 2.17.